The molecule has 10 atom stereocenters. The van der Waals surface area contributed by atoms with Gasteiger partial charge in [0.05, 0.1) is 11.7 Å². The molecule has 30 heavy (non-hydrogen) atoms. The molecule has 4 saturated carbocycles. The summed E-state index contributed by atoms with van der Waals surface area (Å²) in [6.45, 7) is 11.8. The van der Waals surface area contributed by atoms with Gasteiger partial charge in [0.25, 0.3) is 0 Å². The first-order valence-corrected chi connectivity index (χ1v) is 12.9. The molecule has 3 heteroatoms. The summed E-state index contributed by atoms with van der Waals surface area (Å²) in [5.74, 6) is 2.40. The summed E-state index contributed by atoms with van der Waals surface area (Å²) in [6.07, 6.45) is 11.7. The van der Waals surface area contributed by atoms with Gasteiger partial charge in [-0.25, -0.2) is 0 Å². The molecular weight excluding hydrogens is 372 g/mol. The topological polar surface area (TPSA) is 57.5 Å². The molecule has 3 nitrogen and oxygen atoms in total. The van der Waals surface area contributed by atoms with E-state index < -0.39 is 5.60 Å². The lowest BCUT2D eigenvalue weighted by atomic mass is 9.51. The maximum Gasteiger partial charge on any atom is 0.126 e. The highest BCUT2D eigenvalue weighted by Gasteiger charge is 2.73. The smallest absolute Gasteiger partial charge is 0.126 e. The van der Waals surface area contributed by atoms with Crippen molar-refractivity contribution >= 4 is 6.29 Å². The summed E-state index contributed by atoms with van der Waals surface area (Å²) in [4.78, 5) is 12.4. The molecule has 0 aromatic rings. The summed E-state index contributed by atoms with van der Waals surface area (Å²) in [5, 5.41) is 22.8. The highest BCUT2D eigenvalue weighted by Crippen LogP contribution is 2.73. The quantitative estimate of drug-likeness (QED) is 0.551. The number of aldehydes is 1. The van der Waals surface area contributed by atoms with E-state index in [1.165, 1.54) is 32.1 Å². The molecule has 4 fully saturated rings. The number of aliphatic hydroxyl groups is 2. The minimum absolute atomic E-state index is 0.00184. The summed E-state index contributed by atoms with van der Waals surface area (Å²) in [7, 11) is 0. The molecular formula is C27H46O3. The number of hydrogen-bond donors (Lipinski definition) is 2. The Morgan fingerprint density at radius 3 is 2.30 bits per heavy atom. The number of rotatable bonds is 6. The lowest BCUT2D eigenvalue weighted by molar-refractivity contribution is -0.170. The van der Waals surface area contributed by atoms with Gasteiger partial charge < -0.3 is 15.0 Å². The Morgan fingerprint density at radius 1 is 0.967 bits per heavy atom. The third-order valence-electron chi connectivity index (χ3n) is 10.9. The average Bonchev–Trinajstić information content (AvgIpc) is 3.11. The van der Waals surface area contributed by atoms with Crippen molar-refractivity contribution in [3.8, 4) is 0 Å². The van der Waals surface area contributed by atoms with Crippen molar-refractivity contribution in [3.63, 3.8) is 0 Å². The van der Waals surface area contributed by atoms with Crippen LogP contribution in [-0.2, 0) is 4.79 Å². The monoisotopic (exact) mass is 418 g/mol. The Labute approximate surface area is 184 Å². The van der Waals surface area contributed by atoms with Gasteiger partial charge in [0.2, 0.25) is 0 Å². The summed E-state index contributed by atoms with van der Waals surface area (Å²) >= 11 is 0. The van der Waals surface area contributed by atoms with Crippen LogP contribution in [0.2, 0.25) is 0 Å². The Balaban J connectivity index is 1.61. The highest BCUT2D eigenvalue weighted by atomic mass is 16.3. The minimum Gasteiger partial charge on any atom is -0.393 e. The molecule has 0 unspecified atom stereocenters. The standard InChI is InChI=1S/C27H46O3/c1-17(2)7-6-8-18(3)20-9-10-23-25(20,4)14-12-24-26(5)13-11-19(29)15-21(26)22(16-28)27(23,24)30/h16-24,29-30H,6-15H2,1-5H3/t18-,19+,20-,21-,22-,23-,24-,25-,26+,27-/m1/s1. The van der Waals surface area contributed by atoms with E-state index in [2.05, 4.69) is 34.6 Å². The molecule has 0 aliphatic heterocycles. The number of aliphatic hydroxyl groups excluding tert-OH is 1. The first kappa shape index (κ1) is 22.8. The fraction of sp³-hybridized carbons (Fsp3) is 0.963. The van der Waals surface area contributed by atoms with Crippen molar-refractivity contribution in [1.82, 2.24) is 0 Å². The van der Waals surface area contributed by atoms with Crippen molar-refractivity contribution in [2.45, 2.75) is 111 Å². The van der Waals surface area contributed by atoms with Gasteiger partial charge in [-0.05, 0) is 91.3 Å². The average molecular weight is 419 g/mol. The van der Waals surface area contributed by atoms with Crippen LogP contribution in [-0.4, -0.2) is 28.2 Å². The van der Waals surface area contributed by atoms with Crippen molar-refractivity contribution in [3.05, 3.63) is 0 Å². The number of fused-ring (bicyclic) bond motifs is 5. The van der Waals surface area contributed by atoms with Gasteiger partial charge >= 0.3 is 0 Å². The molecule has 172 valence electrons. The minimum atomic E-state index is -0.870. The second-order valence-corrected chi connectivity index (χ2v) is 12.7. The van der Waals surface area contributed by atoms with E-state index in [-0.39, 0.29) is 40.6 Å². The normalized spacial score (nSPS) is 51.3. The fourth-order valence-electron chi connectivity index (χ4n) is 9.48. The SMILES string of the molecule is CC(C)CCC[C@@H](C)[C@H]1CC[C@@H]2[C@]1(C)CC[C@@H]1[C@@]3(C)CC[C@H](O)C[C@@H]3[C@@H](C=O)[C@]12O. The van der Waals surface area contributed by atoms with Crippen LogP contribution in [0.3, 0.4) is 0 Å². The van der Waals surface area contributed by atoms with Crippen molar-refractivity contribution in [2.24, 2.45) is 52.3 Å². The molecule has 2 N–H and O–H groups in total. The van der Waals surface area contributed by atoms with Gasteiger partial charge in [-0.3, -0.25) is 0 Å². The lowest BCUT2D eigenvalue weighted by Crippen LogP contribution is -2.58. The predicted molar refractivity (Wildman–Crippen MR) is 121 cm³/mol. The van der Waals surface area contributed by atoms with Gasteiger partial charge in [0.1, 0.15) is 6.29 Å². The van der Waals surface area contributed by atoms with Crippen LogP contribution < -0.4 is 0 Å². The third-order valence-corrected chi connectivity index (χ3v) is 10.9. The van der Waals surface area contributed by atoms with Gasteiger partial charge in [-0.2, -0.15) is 0 Å². The zero-order valence-corrected chi connectivity index (χ0v) is 20.1. The van der Waals surface area contributed by atoms with Crippen LogP contribution in [0.5, 0.6) is 0 Å². The zero-order chi connectivity index (χ0) is 21.9. The van der Waals surface area contributed by atoms with Crippen LogP contribution in [0.15, 0.2) is 0 Å². The number of hydrogen-bond acceptors (Lipinski definition) is 3. The van der Waals surface area contributed by atoms with Crippen molar-refractivity contribution in [1.29, 1.82) is 0 Å². The Bertz CT molecular complexity index is 646. The van der Waals surface area contributed by atoms with E-state index in [0.717, 1.165) is 37.9 Å². The van der Waals surface area contributed by atoms with E-state index in [4.69, 9.17) is 0 Å². The Morgan fingerprint density at radius 2 is 1.63 bits per heavy atom. The number of carbonyl (C=O) groups is 1. The molecule has 0 aromatic heterocycles. The van der Waals surface area contributed by atoms with E-state index in [1.807, 2.05) is 0 Å². The van der Waals surface area contributed by atoms with E-state index >= 15 is 0 Å². The van der Waals surface area contributed by atoms with Crippen LogP contribution in [0.25, 0.3) is 0 Å². The first-order valence-electron chi connectivity index (χ1n) is 12.9. The van der Waals surface area contributed by atoms with Crippen LogP contribution in [0.4, 0.5) is 0 Å². The molecule has 4 aliphatic rings. The molecule has 0 saturated heterocycles. The largest absolute Gasteiger partial charge is 0.393 e. The van der Waals surface area contributed by atoms with E-state index in [0.29, 0.717) is 18.3 Å². The van der Waals surface area contributed by atoms with Crippen LogP contribution in [0, 0.1) is 52.3 Å². The van der Waals surface area contributed by atoms with Crippen LogP contribution >= 0.6 is 0 Å². The molecule has 0 spiro atoms. The van der Waals surface area contributed by atoms with Gasteiger partial charge in [0.15, 0.2) is 0 Å². The maximum absolute atomic E-state index is 12.4. The third kappa shape index (κ3) is 3.16. The van der Waals surface area contributed by atoms with Crippen LogP contribution in [0.1, 0.15) is 98.8 Å². The molecule has 0 amide bonds. The second kappa shape index (κ2) is 7.87. The summed E-state index contributed by atoms with van der Waals surface area (Å²) in [6, 6.07) is 0. The van der Waals surface area contributed by atoms with Crippen molar-refractivity contribution in [2.75, 3.05) is 0 Å². The molecule has 0 heterocycles. The van der Waals surface area contributed by atoms with Gasteiger partial charge in [-0.15, -0.1) is 0 Å². The predicted octanol–water partition coefficient (Wildman–Crippen LogP) is 5.62. The highest BCUT2D eigenvalue weighted by molar-refractivity contribution is 5.59. The zero-order valence-electron chi connectivity index (χ0n) is 20.1. The van der Waals surface area contributed by atoms with Gasteiger partial charge in [0, 0.05) is 5.92 Å². The maximum atomic E-state index is 12.4. The van der Waals surface area contributed by atoms with Gasteiger partial charge in [-0.1, -0.05) is 53.9 Å². The lowest BCUT2D eigenvalue weighted by Gasteiger charge is -2.55. The first-order chi connectivity index (χ1) is 14.1. The molecule has 4 aliphatic carbocycles. The summed E-state index contributed by atoms with van der Waals surface area (Å²) in [5.41, 5.74) is -0.724. The van der Waals surface area contributed by atoms with E-state index in [1.54, 1.807) is 0 Å². The fourth-order valence-corrected chi connectivity index (χ4v) is 9.48. The second-order valence-electron chi connectivity index (χ2n) is 12.7. The van der Waals surface area contributed by atoms with E-state index in [9.17, 15) is 15.0 Å². The number of carbonyl (C=O) groups excluding carboxylic acids is 1. The Kier molecular flexibility index (Phi) is 5.97. The molecule has 4 rings (SSSR count). The Hall–Kier alpha value is -0.410. The molecule has 0 bridgehead atoms. The molecule has 0 aromatic carbocycles. The summed E-state index contributed by atoms with van der Waals surface area (Å²) < 4.78 is 0. The molecule has 0 radical (unpaired) electrons. The van der Waals surface area contributed by atoms with Crippen molar-refractivity contribution < 1.29 is 15.0 Å².